The van der Waals surface area contributed by atoms with Crippen molar-refractivity contribution in [2.75, 3.05) is 0 Å². The van der Waals surface area contributed by atoms with E-state index in [0.29, 0.717) is 17.6 Å². The van der Waals surface area contributed by atoms with Gasteiger partial charge in [0.15, 0.2) is 0 Å². The first-order valence-electron chi connectivity index (χ1n) is 6.49. The van der Waals surface area contributed by atoms with E-state index in [1.54, 1.807) is 0 Å². The minimum absolute atomic E-state index is 0.275. The lowest BCUT2D eigenvalue weighted by molar-refractivity contribution is 0.218. The second kappa shape index (κ2) is 5.07. The van der Waals surface area contributed by atoms with Crippen molar-refractivity contribution in [2.24, 2.45) is 17.3 Å². The Balaban J connectivity index is 2.95. The molecule has 0 aromatic carbocycles. The molecule has 0 radical (unpaired) electrons. The molecule has 0 saturated carbocycles. The van der Waals surface area contributed by atoms with Crippen LogP contribution in [0.2, 0.25) is 0 Å². The van der Waals surface area contributed by atoms with Crippen LogP contribution in [0.5, 0.6) is 0 Å². The van der Waals surface area contributed by atoms with Crippen molar-refractivity contribution in [1.82, 2.24) is 0 Å². The van der Waals surface area contributed by atoms with Gasteiger partial charge in [0.2, 0.25) is 0 Å². The van der Waals surface area contributed by atoms with Crippen LogP contribution in [0.4, 0.5) is 0 Å². The van der Waals surface area contributed by atoms with Crippen molar-refractivity contribution < 1.29 is 5.11 Å². The number of rotatable bonds is 4. The summed E-state index contributed by atoms with van der Waals surface area (Å²) in [7, 11) is 0. The van der Waals surface area contributed by atoms with Crippen LogP contribution in [-0.4, -0.2) is 5.11 Å². The average Bonchev–Trinajstić information content (AvgIpc) is 2.17. The van der Waals surface area contributed by atoms with Gasteiger partial charge in [-0.1, -0.05) is 47.1 Å². The predicted molar refractivity (Wildman–Crippen MR) is 70.4 cm³/mol. The van der Waals surface area contributed by atoms with E-state index in [-0.39, 0.29) is 5.41 Å². The molecule has 0 aliphatic heterocycles. The van der Waals surface area contributed by atoms with Gasteiger partial charge in [0.1, 0.15) is 5.76 Å². The first kappa shape index (κ1) is 13.3. The van der Waals surface area contributed by atoms with Crippen molar-refractivity contribution in [1.29, 1.82) is 0 Å². The van der Waals surface area contributed by atoms with E-state index in [1.807, 2.05) is 6.08 Å². The highest BCUT2D eigenvalue weighted by atomic mass is 16.3. The van der Waals surface area contributed by atoms with Crippen molar-refractivity contribution in [3.63, 3.8) is 0 Å². The molecule has 0 saturated heterocycles. The Morgan fingerprint density at radius 3 is 2.62 bits per heavy atom. The Bertz CT molecular complexity index is 297. The second-order valence-corrected chi connectivity index (χ2v) is 5.84. The van der Waals surface area contributed by atoms with Gasteiger partial charge in [-0.15, -0.1) is 0 Å². The average molecular weight is 222 g/mol. The topological polar surface area (TPSA) is 20.2 Å². The Hall–Kier alpha value is -0.720. The first-order valence-corrected chi connectivity index (χ1v) is 6.49. The van der Waals surface area contributed by atoms with Gasteiger partial charge in [0, 0.05) is 0 Å². The molecular weight excluding hydrogens is 196 g/mol. The summed E-state index contributed by atoms with van der Waals surface area (Å²) >= 11 is 0. The summed E-state index contributed by atoms with van der Waals surface area (Å²) in [6.07, 6.45) is 7.42. The molecule has 0 spiro atoms. The van der Waals surface area contributed by atoms with Gasteiger partial charge in [-0.25, -0.2) is 0 Å². The molecule has 0 fully saturated rings. The summed E-state index contributed by atoms with van der Waals surface area (Å²) in [5.41, 5.74) is 1.53. The van der Waals surface area contributed by atoms with Crippen LogP contribution >= 0.6 is 0 Å². The number of allylic oxidation sites excluding steroid dienone is 3. The van der Waals surface area contributed by atoms with Gasteiger partial charge in [0.05, 0.1) is 0 Å². The maximum absolute atomic E-state index is 10.0. The molecule has 1 rings (SSSR count). The molecule has 1 heteroatoms. The van der Waals surface area contributed by atoms with Crippen molar-refractivity contribution in [3.8, 4) is 0 Å². The maximum Gasteiger partial charge on any atom is 0.115 e. The van der Waals surface area contributed by atoms with Gasteiger partial charge in [-0.05, 0) is 41.7 Å². The van der Waals surface area contributed by atoms with Crippen LogP contribution in [0.1, 0.15) is 53.9 Å². The van der Waals surface area contributed by atoms with Gasteiger partial charge >= 0.3 is 0 Å². The molecule has 0 aromatic rings. The van der Waals surface area contributed by atoms with E-state index >= 15 is 0 Å². The number of hydrogen-bond acceptors (Lipinski definition) is 1. The SMILES string of the molecule is CCCC(C)(C)C(C)C1=C(O)C=CCC1C. The maximum atomic E-state index is 10.0. The standard InChI is InChI=1S/C15H26O/c1-6-10-15(4,5)12(3)14-11(2)8-7-9-13(14)16/h7,9,11-12,16H,6,8,10H2,1-5H3. The number of aliphatic hydroxyl groups is 1. The highest BCUT2D eigenvalue weighted by Gasteiger charge is 2.32. The summed E-state index contributed by atoms with van der Waals surface area (Å²) in [4.78, 5) is 0. The van der Waals surface area contributed by atoms with Gasteiger partial charge < -0.3 is 5.11 Å². The van der Waals surface area contributed by atoms with E-state index in [1.165, 1.54) is 18.4 Å². The van der Waals surface area contributed by atoms with Crippen LogP contribution in [0.3, 0.4) is 0 Å². The fraction of sp³-hybridized carbons (Fsp3) is 0.733. The van der Waals surface area contributed by atoms with Crippen LogP contribution in [0.15, 0.2) is 23.5 Å². The number of hydrogen-bond donors (Lipinski definition) is 1. The summed E-state index contributed by atoms with van der Waals surface area (Å²) in [6.45, 7) is 11.3. The molecule has 16 heavy (non-hydrogen) atoms. The third-order valence-electron chi connectivity index (χ3n) is 4.13. The molecule has 1 N–H and O–H groups in total. The number of aliphatic hydroxyl groups excluding tert-OH is 1. The van der Waals surface area contributed by atoms with Crippen LogP contribution in [-0.2, 0) is 0 Å². The minimum Gasteiger partial charge on any atom is -0.508 e. The molecule has 0 bridgehead atoms. The molecule has 2 atom stereocenters. The van der Waals surface area contributed by atoms with E-state index in [0.717, 1.165) is 6.42 Å². The molecule has 0 heterocycles. The zero-order valence-electron chi connectivity index (χ0n) is 11.4. The highest BCUT2D eigenvalue weighted by Crippen LogP contribution is 2.42. The lowest BCUT2D eigenvalue weighted by Gasteiger charge is -2.36. The third-order valence-corrected chi connectivity index (χ3v) is 4.13. The van der Waals surface area contributed by atoms with Gasteiger partial charge in [-0.2, -0.15) is 0 Å². The molecule has 1 aliphatic carbocycles. The zero-order chi connectivity index (χ0) is 12.3. The van der Waals surface area contributed by atoms with E-state index < -0.39 is 0 Å². The molecule has 92 valence electrons. The smallest absolute Gasteiger partial charge is 0.115 e. The van der Waals surface area contributed by atoms with E-state index in [2.05, 4.69) is 40.7 Å². The molecule has 2 unspecified atom stereocenters. The summed E-state index contributed by atoms with van der Waals surface area (Å²) in [5.74, 6) is 1.44. The van der Waals surface area contributed by atoms with Crippen LogP contribution < -0.4 is 0 Å². The molecule has 0 amide bonds. The monoisotopic (exact) mass is 222 g/mol. The predicted octanol–water partition coefficient (Wildman–Crippen LogP) is 4.86. The largest absolute Gasteiger partial charge is 0.508 e. The third kappa shape index (κ3) is 2.69. The van der Waals surface area contributed by atoms with Gasteiger partial charge in [0.25, 0.3) is 0 Å². The summed E-state index contributed by atoms with van der Waals surface area (Å²) in [6, 6.07) is 0. The molecular formula is C15H26O. The highest BCUT2D eigenvalue weighted by molar-refractivity contribution is 5.28. The van der Waals surface area contributed by atoms with E-state index in [4.69, 9.17) is 0 Å². The Labute approximate surface area is 100 Å². The summed E-state index contributed by atoms with van der Waals surface area (Å²) < 4.78 is 0. The Morgan fingerprint density at radius 1 is 1.50 bits per heavy atom. The molecule has 0 aromatic heterocycles. The van der Waals surface area contributed by atoms with Gasteiger partial charge in [-0.3, -0.25) is 0 Å². The van der Waals surface area contributed by atoms with Crippen molar-refractivity contribution in [2.45, 2.75) is 53.9 Å². The van der Waals surface area contributed by atoms with Crippen molar-refractivity contribution in [3.05, 3.63) is 23.5 Å². The van der Waals surface area contributed by atoms with Crippen LogP contribution in [0.25, 0.3) is 0 Å². The van der Waals surface area contributed by atoms with Crippen LogP contribution in [0, 0.1) is 17.3 Å². The second-order valence-electron chi connectivity index (χ2n) is 5.84. The zero-order valence-corrected chi connectivity index (χ0v) is 11.4. The fourth-order valence-electron chi connectivity index (χ4n) is 2.79. The minimum atomic E-state index is 0.275. The first-order chi connectivity index (χ1) is 7.40. The molecule has 1 nitrogen and oxygen atoms in total. The lowest BCUT2D eigenvalue weighted by Crippen LogP contribution is -2.27. The molecule has 1 aliphatic rings. The van der Waals surface area contributed by atoms with Crippen molar-refractivity contribution >= 4 is 0 Å². The fourth-order valence-corrected chi connectivity index (χ4v) is 2.79. The summed E-state index contributed by atoms with van der Waals surface area (Å²) in [5, 5.41) is 10.0. The lowest BCUT2D eigenvalue weighted by atomic mass is 9.68. The Kier molecular flexibility index (Phi) is 4.23. The quantitative estimate of drug-likeness (QED) is 0.720. The normalized spacial score (nSPS) is 23.7. The Morgan fingerprint density at radius 2 is 2.12 bits per heavy atom. The van der Waals surface area contributed by atoms with E-state index in [9.17, 15) is 5.11 Å².